The zero-order chi connectivity index (χ0) is 24.6. The van der Waals surface area contributed by atoms with E-state index in [4.69, 9.17) is 16.7 Å². The van der Waals surface area contributed by atoms with Crippen LogP contribution in [0.2, 0.25) is 5.02 Å². The Morgan fingerprint density at radius 1 is 1.18 bits per heavy atom. The summed E-state index contributed by atoms with van der Waals surface area (Å²) < 4.78 is 56.3. The van der Waals surface area contributed by atoms with Gasteiger partial charge in [0.1, 0.15) is 5.82 Å². The van der Waals surface area contributed by atoms with E-state index >= 15 is 0 Å². The van der Waals surface area contributed by atoms with Gasteiger partial charge in [0, 0.05) is 29.1 Å². The van der Waals surface area contributed by atoms with Crippen molar-refractivity contribution < 1.29 is 32.3 Å². The van der Waals surface area contributed by atoms with Crippen LogP contribution in [0.1, 0.15) is 54.6 Å². The number of rotatable bonds is 5. The number of fused-ring (bicyclic) bond motifs is 1. The normalized spacial score (nSPS) is 20.8. The van der Waals surface area contributed by atoms with E-state index in [9.17, 15) is 27.2 Å². The van der Waals surface area contributed by atoms with Crippen LogP contribution in [0.4, 0.5) is 17.6 Å². The number of hydrogen-bond acceptors (Lipinski definition) is 3. The minimum atomic E-state index is -4.66. The fourth-order valence-corrected chi connectivity index (χ4v) is 5.01. The quantitative estimate of drug-likeness (QED) is 0.591. The summed E-state index contributed by atoms with van der Waals surface area (Å²) in [4.78, 5) is 25.6. The lowest BCUT2D eigenvalue weighted by Crippen LogP contribution is -2.38. The highest BCUT2D eigenvalue weighted by atomic mass is 35.5. The van der Waals surface area contributed by atoms with Gasteiger partial charge in [-0.05, 0) is 50.2 Å². The van der Waals surface area contributed by atoms with Crippen LogP contribution >= 0.6 is 11.6 Å². The van der Waals surface area contributed by atoms with Gasteiger partial charge in [0.15, 0.2) is 5.69 Å². The number of halogens is 5. The fourth-order valence-electron chi connectivity index (χ4n) is 4.85. The van der Waals surface area contributed by atoms with Gasteiger partial charge >= 0.3 is 12.1 Å². The molecule has 0 atom stereocenters. The Balaban J connectivity index is 1.52. The van der Waals surface area contributed by atoms with Crippen molar-refractivity contribution in [3.05, 3.63) is 51.6 Å². The van der Waals surface area contributed by atoms with Crippen LogP contribution in [0.15, 0.2) is 18.2 Å². The third-order valence-corrected chi connectivity index (χ3v) is 6.99. The van der Waals surface area contributed by atoms with Gasteiger partial charge in [-0.15, -0.1) is 0 Å². The zero-order valence-electron chi connectivity index (χ0n) is 18.2. The van der Waals surface area contributed by atoms with Gasteiger partial charge in [-0.1, -0.05) is 17.7 Å². The largest absolute Gasteiger partial charge is 0.481 e. The van der Waals surface area contributed by atoms with E-state index < -0.39 is 23.7 Å². The summed E-state index contributed by atoms with van der Waals surface area (Å²) >= 11 is 5.77. The summed E-state index contributed by atoms with van der Waals surface area (Å²) in [7, 11) is 0. The highest BCUT2D eigenvalue weighted by Crippen LogP contribution is 2.36. The highest BCUT2D eigenvalue weighted by Gasteiger charge is 2.41. The maximum absolute atomic E-state index is 14.3. The third kappa shape index (κ3) is 5.21. The molecule has 0 spiro atoms. The minimum absolute atomic E-state index is 0.00473. The molecule has 184 valence electrons. The number of hydrogen-bond donors (Lipinski definition) is 1. The standard InChI is InChI=1S/C23H24ClF4N3O3/c24-16-6-5-15(18(25)10-16)11-31-19-12-30(8-7-17(19)21(29-31)23(26,27)28)20(32)9-13-1-3-14(4-2-13)22(33)34/h5-6,10,13-14H,1-4,7-9,11-12H2,(H,33,34)/t13-,14-. The monoisotopic (exact) mass is 501 g/mol. The van der Waals surface area contributed by atoms with Crippen molar-refractivity contribution in [2.45, 2.75) is 57.8 Å². The molecule has 4 rings (SSSR count). The van der Waals surface area contributed by atoms with Crippen LogP contribution in [0, 0.1) is 17.7 Å². The summed E-state index contributed by atoms with van der Waals surface area (Å²) in [6.07, 6.45) is -2.12. The van der Waals surface area contributed by atoms with Crippen LogP contribution in [0.5, 0.6) is 0 Å². The Kier molecular flexibility index (Phi) is 6.89. The number of carbonyl (C=O) groups is 2. The number of carboxylic acids is 1. The second-order valence-electron chi connectivity index (χ2n) is 8.99. The van der Waals surface area contributed by atoms with Crippen molar-refractivity contribution in [2.24, 2.45) is 11.8 Å². The molecule has 2 aromatic rings. The molecule has 0 saturated heterocycles. The predicted octanol–water partition coefficient (Wildman–Crippen LogP) is 4.91. The molecule has 6 nitrogen and oxygen atoms in total. The Bertz CT molecular complexity index is 1090. The summed E-state index contributed by atoms with van der Waals surface area (Å²) in [5.74, 6) is -1.97. The van der Waals surface area contributed by atoms with Gasteiger partial charge in [0.05, 0.1) is 24.7 Å². The smallest absolute Gasteiger partial charge is 0.435 e. The lowest BCUT2D eigenvalue weighted by Gasteiger charge is -2.31. The van der Waals surface area contributed by atoms with E-state index in [0.29, 0.717) is 25.7 Å². The summed E-state index contributed by atoms with van der Waals surface area (Å²) in [5, 5.41) is 13.1. The molecule has 11 heteroatoms. The fraction of sp³-hybridized carbons (Fsp3) is 0.522. The van der Waals surface area contributed by atoms with E-state index in [1.807, 2.05) is 0 Å². The van der Waals surface area contributed by atoms with Gasteiger partial charge in [-0.2, -0.15) is 18.3 Å². The first-order chi connectivity index (χ1) is 16.0. The van der Waals surface area contributed by atoms with Crippen molar-refractivity contribution in [3.63, 3.8) is 0 Å². The minimum Gasteiger partial charge on any atom is -0.481 e. The zero-order valence-corrected chi connectivity index (χ0v) is 19.0. The van der Waals surface area contributed by atoms with Crippen molar-refractivity contribution >= 4 is 23.5 Å². The molecule has 1 aliphatic carbocycles. The van der Waals surface area contributed by atoms with Crippen molar-refractivity contribution in [3.8, 4) is 0 Å². The molecule has 1 aromatic heterocycles. The predicted molar refractivity (Wildman–Crippen MR) is 115 cm³/mol. The van der Waals surface area contributed by atoms with Crippen LogP contribution in [-0.4, -0.2) is 38.2 Å². The highest BCUT2D eigenvalue weighted by molar-refractivity contribution is 6.30. The number of carbonyl (C=O) groups excluding carboxylic acids is 1. The number of amides is 1. The lowest BCUT2D eigenvalue weighted by atomic mass is 9.80. The SMILES string of the molecule is O=C(C[C@H]1CC[C@H](C(=O)O)CC1)N1CCc2c(C(F)(F)F)nn(Cc3ccc(Cl)cc3F)c2C1. The first-order valence-corrected chi connectivity index (χ1v) is 11.5. The van der Waals surface area contributed by atoms with Gasteiger partial charge < -0.3 is 10.0 Å². The van der Waals surface area contributed by atoms with E-state index in [1.165, 1.54) is 17.0 Å². The van der Waals surface area contributed by atoms with E-state index in [-0.39, 0.29) is 72.1 Å². The number of carboxylic acid groups (broad SMARTS) is 1. The third-order valence-electron chi connectivity index (χ3n) is 6.75. The number of aliphatic carboxylic acids is 1. The molecule has 2 heterocycles. The molecule has 0 bridgehead atoms. The summed E-state index contributed by atoms with van der Waals surface area (Å²) in [6.45, 7) is -0.125. The Morgan fingerprint density at radius 3 is 2.50 bits per heavy atom. The Labute approximate surface area is 198 Å². The molecule has 1 amide bonds. The average Bonchev–Trinajstić information content (AvgIpc) is 3.14. The van der Waals surface area contributed by atoms with Crippen molar-refractivity contribution in [2.75, 3.05) is 6.54 Å². The molecule has 1 saturated carbocycles. The van der Waals surface area contributed by atoms with Crippen LogP contribution in [0.3, 0.4) is 0 Å². The lowest BCUT2D eigenvalue weighted by molar-refractivity contribution is -0.143. The number of benzene rings is 1. The second kappa shape index (κ2) is 9.56. The van der Waals surface area contributed by atoms with Gasteiger partial charge in [-0.25, -0.2) is 4.39 Å². The molecule has 0 radical (unpaired) electrons. The van der Waals surface area contributed by atoms with Crippen LogP contribution in [0.25, 0.3) is 0 Å². The molecular weight excluding hydrogens is 478 g/mol. The topological polar surface area (TPSA) is 75.4 Å². The molecule has 2 aliphatic rings. The Morgan fingerprint density at radius 2 is 1.88 bits per heavy atom. The van der Waals surface area contributed by atoms with Crippen LogP contribution < -0.4 is 0 Å². The maximum Gasteiger partial charge on any atom is 0.435 e. The number of aromatic nitrogens is 2. The first-order valence-electron chi connectivity index (χ1n) is 11.1. The average molecular weight is 502 g/mol. The van der Waals surface area contributed by atoms with E-state index in [0.717, 1.165) is 10.7 Å². The molecule has 1 N–H and O–H groups in total. The van der Waals surface area contributed by atoms with Crippen molar-refractivity contribution in [1.29, 1.82) is 0 Å². The summed E-state index contributed by atoms with van der Waals surface area (Å²) in [5.41, 5.74) is -0.582. The molecular formula is C23H24ClF4N3O3. The summed E-state index contributed by atoms with van der Waals surface area (Å²) in [6, 6.07) is 3.94. The second-order valence-corrected chi connectivity index (χ2v) is 9.43. The Hall–Kier alpha value is -2.62. The molecule has 1 fully saturated rings. The molecule has 34 heavy (non-hydrogen) atoms. The van der Waals surface area contributed by atoms with Gasteiger partial charge in [0.25, 0.3) is 0 Å². The van der Waals surface area contributed by atoms with E-state index in [1.54, 1.807) is 0 Å². The van der Waals surface area contributed by atoms with Crippen LogP contribution in [-0.2, 0) is 35.3 Å². The molecule has 1 aliphatic heterocycles. The maximum atomic E-state index is 14.3. The van der Waals surface area contributed by atoms with Crippen molar-refractivity contribution in [1.82, 2.24) is 14.7 Å². The number of alkyl halides is 3. The molecule has 1 aromatic carbocycles. The molecule has 0 unspecified atom stereocenters. The van der Waals surface area contributed by atoms with Gasteiger partial charge in [-0.3, -0.25) is 14.3 Å². The first kappa shape index (κ1) is 24.5. The van der Waals surface area contributed by atoms with E-state index in [2.05, 4.69) is 5.10 Å². The van der Waals surface area contributed by atoms with Gasteiger partial charge in [0.2, 0.25) is 5.91 Å². The number of nitrogens with zero attached hydrogens (tertiary/aromatic N) is 3.